The normalized spacial score (nSPS) is 17.0. The molecule has 1 aliphatic heterocycles. The Bertz CT molecular complexity index is 1460. The first-order chi connectivity index (χ1) is 21.7. The molecule has 13 heteroatoms. The fraction of sp³-hybridized carbons (Fsp3) is 0.312. The van der Waals surface area contributed by atoms with Crippen molar-refractivity contribution in [1.29, 1.82) is 0 Å². The summed E-state index contributed by atoms with van der Waals surface area (Å²) in [5.74, 6) is -2.73. The smallest absolute Gasteiger partial charge is 0.336 e. The van der Waals surface area contributed by atoms with Gasteiger partial charge < -0.3 is 26.4 Å². The first-order valence-corrected chi connectivity index (χ1v) is 14.6. The number of benzene rings is 2. The van der Waals surface area contributed by atoms with Gasteiger partial charge in [-0.3, -0.25) is 29.6 Å². The van der Waals surface area contributed by atoms with Crippen LogP contribution >= 0.6 is 0 Å². The van der Waals surface area contributed by atoms with Crippen LogP contribution in [-0.2, 0) is 38.4 Å². The molecule has 236 valence electrons. The van der Waals surface area contributed by atoms with E-state index in [1.165, 1.54) is 4.90 Å². The number of hydrogen-bond donors (Lipinski definition) is 6. The summed E-state index contributed by atoms with van der Waals surface area (Å²) in [4.78, 5) is 69.4. The Balaban J connectivity index is 1.44. The number of hydrogen-bond acceptors (Lipinski definition) is 7. The van der Waals surface area contributed by atoms with E-state index >= 15 is 0 Å². The van der Waals surface area contributed by atoms with Crippen LogP contribution in [0.15, 0.2) is 85.2 Å². The highest BCUT2D eigenvalue weighted by Crippen LogP contribution is 2.18. The molecular weight excluding hydrogens is 578 g/mol. The summed E-state index contributed by atoms with van der Waals surface area (Å²) in [6.07, 6.45) is 3.33. The van der Waals surface area contributed by atoms with E-state index in [0.717, 1.165) is 11.1 Å². The Morgan fingerprint density at radius 2 is 1.53 bits per heavy atom. The number of nitrogens with two attached hydrogens (primary N) is 1. The molecule has 0 spiro atoms. The Hall–Kier alpha value is -5.30. The molecule has 45 heavy (non-hydrogen) atoms. The molecule has 0 bridgehead atoms. The summed E-state index contributed by atoms with van der Waals surface area (Å²) in [5.41, 5.74) is 13.1. The third-order valence-electron chi connectivity index (χ3n) is 7.30. The number of nitrogens with zero attached hydrogens (tertiary/aromatic N) is 2. The topological polar surface area (TPSA) is 196 Å². The molecule has 4 rings (SSSR count). The van der Waals surface area contributed by atoms with Crippen LogP contribution in [0.2, 0.25) is 0 Å². The van der Waals surface area contributed by atoms with Crippen LogP contribution in [0.3, 0.4) is 0 Å². The fourth-order valence-corrected chi connectivity index (χ4v) is 5.18. The molecule has 1 aromatic heterocycles. The molecule has 4 atom stereocenters. The molecule has 1 fully saturated rings. The van der Waals surface area contributed by atoms with Gasteiger partial charge in [0.2, 0.25) is 17.7 Å². The maximum atomic E-state index is 13.6. The number of carboxylic acid groups (broad SMARTS) is 1. The summed E-state index contributed by atoms with van der Waals surface area (Å²) in [5, 5.41) is 15.0. The van der Waals surface area contributed by atoms with Gasteiger partial charge in [0, 0.05) is 37.4 Å². The second kappa shape index (κ2) is 16.0. The third-order valence-corrected chi connectivity index (χ3v) is 7.30. The largest absolute Gasteiger partial charge is 0.481 e. The molecule has 0 saturated carbocycles. The lowest BCUT2D eigenvalue weighted by atomic mass is 10.0. The van der Waals surface area contributed by atoms with E-state index in [0.29, 0.717) is 5.56 Å². The molecule has 1 saturated heterocycles. The summed E-state index contributed by atoms with van der Waals surface area (Å²) in [6, 6.07) is 17.5. The van der Waals surface area contributed by atoms with Gasteiger partial charge in [-0.2, -0.15) is 0 Å². The van der Waals surface area contributed by atoms with Crippen molar-refractivity contribution in [1.82, 2.24) is 31.4 Å². The van der Waals surface area contributed by atoms with Crippen LogP contribution in [0.4, 0.5) is 4.79 Å². The van der Waals surface area contributed by atoms with Gasteiger partial charge in [-0.1, -0.05) is 66.7 Å². The minimum Gasteiger partial charge on any atom is -0.481 e. The van der Waals surface area contributed by atoms with E-state index in [9.17, 15) is 29.1 Å². The Kier molecular flexibility index (Phi) is 11.6. The van der Waals surface area contributed by atoms with Crippen molar-refractivity contribution in [3.63, 3.8) is 0 Å². The van der Waals surface area contributed by atoms with E-state index in [1.54, 1.807) is 48.8 Å². The van der Waals surface area contributed by atoms with E-state index in [1.807, 2.05) is 36.4 Å². The number of nitrogens with one attached hydrogen (secondary N) is 4. The van der Waals surface area contributed by atoms with Crippen LogP contribution in [0.5, 0.6) is 0 Å². The Labute approximate surface area is 260 Å². The molecule has 0 unspecified atom stereocenters. The fourth-order valence-electron chi connectivity index (χ4n) is 5.18. The number of rotatable bonds is 12. The van der Waals surface area contributed by atoms with Gasteiger partial charge in [-0.25, -0.2) is 10.2 Å². The predicted octanol–water partition coefficient (Wildman–Crippen LogP) is 0.696. The third kappa shape index (κ3) is 10.1. The van der Waals surface area contributed by atoms with Gasteiger partial charge >= 0.3 is 12.0 Å². The first kappa shape index (κ1) is 32.6. The van der Waals surface area contributed by atoms with Crippen molar-refractivity contribution >= 4 is 29.7 Å². The quantitative estimate of drug-likeness (QED) is 0.160. The second-order valence-corrected chi connectivity index (χ2v) is 10.9. The van der Waals surface area contributed by atoms with E-state index in [-0.39, 0.29) is 38.6 Å². The molecule has 3 aromatic rings. The summed E-state index contributed by atoms with van der Waals surface area (Å²) >= 11 is 0. The average molecular weight is 616 g/mol. The first-order valence-electron chi connectivity index (χ1n) is 14.6. The van der Waals surface area contributed by atoms with Crippen LogP contribution in [0, 0.1) is 0 Å². The zero-order valence-electron chi connectivity index (χ0n) is 24.6. The van der Waals surface area contributed by atoms with Crippen LogP contribution < -0.4 is 27.2 Å². The molecule has 0 radical (unpaired) electrons. The number of amides is 5. The number of urea groups is 1. The molecule has 13 nitrogen and oxygen atoms in total. The number of likely N-dealkylation sites (tertiary alicyclic amines) is 1. The number of aromatic nitrogens is 1. The molecule has 2 heterocycles. The number of carbonyl (C=O) groups excluding carboxylic acids is 4. The van der Waals surface area contributed by atoms with Crippen LogP contribution in [0.1, 0.15) is 29.5 Å². The summed E-state index contributed by atoms with van der Waals surface area (Å²) < 4.78 is 0. The molecule has 7 N–H and O–H groups in total. The Morgan fingerprint density at radius 3 is 2.18 bits per heavy atom. The minimum atomic E-state index is -1.11. The van der Waals surface area contributed by atoms with Gasteiger partial charge in [0.1, 0.15) is 12.1 Å². The van der Waals surface area contributed by atoms with Crippen molar-refractivity contribution < 1.29 is 29.1 Å². The summed E-state index contributed by atoms with van der Waals surface area (Å²) in [7, 11) is 0. The highest BCUT2D eigenvalue weighted by Gasteiger charge is 2.40. The maximum Gasteiger partial charge on any atom is 0.336 e. The van der Waals surface area contributed by atoms with Gasteiger partial charge in [-0.05, 0) is 35.6 Å². The molecule has 0 aliphatic carbocycles. The van der Waals surface area contributed by atoms with Crippen LogP contribution in [0.25, 0.3) is 0 Å². The highest BCUT2D eigenvalue weighted by atomic mass is 16.4. The second-order valence-electron chi connectivity index (χ2n) is 10.9. The Morgan fingerprint density at radius 1 is 0.867 bits per heavy atom. The van der Waals surface area contributed by atoms with E-state index < -0.39 is 53.9 Å². The zero-order chi connectivity index (χ0) is 32.2. The van der Waals surface area contributed by atoms with Crippen molar-refractivity contribution in [3.8, 4) is 0 Å². The standard InChI is InChI=1S/C32H37N7O6/c33-24-17-27(39(20-24)32(45)38-37-28(40)16-22-10-5-2-6-11-22)31(44)36-26(15-23-12-7-13-34-19-23)30(43)35-25(18-29(41)42)14-21-8-3-1-4-9-21/h1-13,19,24-27H,14-18,20,33H2,(H,35,43)(H,36,44)(H,37,40)(H,38,45)(H,41,42)/t24-,25+,26+,27+/m1/s1. The van der Waals surface area contributed by atoms with Crippen molar-refractivity contribution in [2.45, 2.75) is 56.3 Å². The van der Waals surface area contributed by atoms with Crippen molar-refractivity contribution in [3.05, 3.63) is 102 Å². The van der Waals surface area contributed by atoms with E-state index in [4.69, 9.17) is 5.73 Å². The SMILES string of the molecule is N[C@@H]1C[C@@H](C(=O)N[C@@H](Cc2cccnc2)C(=O)N[C@H](CC(=O)O)Cc2ccccc2)N(C(=O)NNC(=O)Cc2ccccc2)C1. The number of aliphatic carboxylic acids is 1. The van der Waals surface area contributed by atoms with Crippen molar-refractivity contribution in [2.75, 3.05) is 6.54 Å². The molecular formula is C32H37N7O6. The van der Waals surface area contributed by atoms with Gasteiger partial charge in [0.25, 0.3) is 0 Å². The van der Waals surface area contributed by atoms with Gasteiger partial charge in [-0.15, -0.1) is 0 Å². The van der Waals surface area contributed by atoms with E-state index in [2.05, 4.69) is 26.5 Å². The van der Waals surface area contributed by atoms with Crippen molar-refractivity contribution in [2.24, 2.45) is 5.73 Å². The lowest BCUT2D eigenvalue weighted by Gasteiger charge is -2.27. The minimum absolute atomic E-state index is 0.0445. The average Bonchev–Trinajstić information content (AvgIpc) is 3.42. The molecule has 2 aromatic carbocycles. The lowest BCUT2D eigenvalue weighted by molar-refractivity contribution is -0.138. The number of carboxylic acids is 1. The number of hydrazine groups is 1. The predicted molar refractivity (Wildman–Crippen MR) is 164 cm³/mol. The van der Waals surface area contributed by atoms with Crippen LogP contribution in [-0.4, -0.2) is 75.4 Å². The lowest BCUT2D eigenvalue weighted by Crippen LogP contribution is -2.57. The molecule has 5 amide bonds. The van der Waals surface area contributed by atoms with Gasteiger partial charge in [0.05, 0.1) is 12.8 Å². The number of pyridine rings is 1. The highest BCUT2D eigenvalue weighted by molar-refractivity contribution is 5.93. The maximum absolute atomic E-state index is 13.6. The number of carbonyl (C=O) groups is 5. The zero-order valence-corrected chi connectivity index (χ0v) is 24.6. The summed E-state index contributed by atoms with van der Waals surface area (Å²) in [6.45, 7) is 0.0513. The van der Waals surface area contributed by atoms with Gasteiger partial charge in [0.15, 0.2) is 0 Å². The monoisotopic (exact) mass is 615 g/mol. The molecule has 1 aliphatic rings.